The fourth-order valence-electron chi connectivity index (χ4n) is 3.52. The lowest BCUT2D eigenvalue weighted by atomic mass is 10.1. The van der Waals surface area contributed by atoms with Crippen LogP contribution in [0.1, 0.15) is 55.9 Å². The van der Waals surface area contributed by atoms with E-state index in [1.165, 1.54) is 37.4 Å². The van der Waals surface area contributed by atoms with Crippen LogP contribution in [0.3, 0.4) is 0 Å². The Kier molecular flexibility index (Phi) is 6.40. The summed E-state index contributed by atoms with van der Waals surface area (Å²) in [5, 5.41) is 4.52. The van der Waals surface area contributed by atoms with E-state index in [1.807, 2.05) is 20.8 Å². The predicted molar refractivity (Wildman–Crippen MR) is 109 cm³/mol. The number of carbonyl (C=O) groups excluding carboxylic acids is 1. The number of hydrogen-bond acceptors (Lipinski definition) is 5. The van der Waals surface area contributed by atoms with Gasteiger partial charge in [0, 0.05) is 17.5 Å². The molecule has 1 N–H and O–H groups in total. The van der Waals surface area contributed by atoms with Crippen LogP contribution in [0.2, 0.25) is 0 Å². The number of rotatable bonds is 5. The lowest BCUT2D eigenvalue weighted by molar-refractivity contribution is -0.119. The molecule has 2 heterocycles. The van der Waals surface area contributed by atoms with Gasteiger partial charge in [0.25, 0.3) is 5.56 Å². The van der Waals surface area contributed by atoms with E-state index in [4.69, 9.17) is 0 Å². The zero-order valence-electron chi connectivity index (χ0n) is 15.8. The van der Waals surface area contributed by atoms with E-state index in [0.29, 0.717) is 23.5 Å². The smallest absolute Gasteiger partial charge is 0.263 e. The largest absolute Gasteiger partial charge is 0.353 e. The van der Waals surface area contributed by atoms with Gasteiger partial charge in [-0.1, -0.05) is 37.4 Å². The van der Waals surface area contributed by atoms with E-state index in [9.17, 15) is 9.59 Å². The average molecular weight is 394 g/mol. The zero-order chi connectivity index (χ0) is 18.7. The summed E-state index contributed by atoms with van der Waals surface area (Å²) in [5.74, 6) is 0.343. The van der Waals surface area contributed by atoms with Crippen molar-refractivity contribution in [1.29, 1.82) is 0 Å². The molecule has 0 saturated heterocycles. The second-order valence-electron chi connectivity index (χ2n) is 6.95. The van der Waals surface area contributed by atoms with Crippen molar-refractivity contribution in [3.8, 4) is 0 Å². The fourth-order valence-corrected chi connectivity index (χ4v) is 5.47. The second-order valence-corrected chi connectivity index (χ2v) is 9.10. The molecule has 0 unspecified atom stereocenters. The highest BCUT2D eigenvalue weighted by molar-refractivity contribution is 7.99. The molecule has 2 aromatic heterocycles. The Bertz CT molecular complexity index is 849. The van der Waals surface area contributed by atoms with Crippen molar-refractivity contribution in [3.05, 3.63) is 20.8 Å². The third-order valence-corrected chi connectivity index (χ3v) is 7.20. The van der Waals surface area contributed by atoms with Gasteiger partial charge < -0.3 is 5.32 Å². The number of hydrogen-bond donors (Lipinski definition) is 1. The number of thioether (sulfide) groups is 1. The number of thiophene rings is 1. The molecule has 1 fully saturated rings. The third kappa shape index (κ3) is 4.14. The van der Waals surface area contributed by atoms with Crippen LogP contribution < -0.4 is 10.9 Å². The van der Waals surface area contributed by atoms with Crippen molar-refractivity contribution >= 4 is 39.2 Å². The molecule has 7 heteroatoms. The van der Waals surface area contributed by atoms with Crippen LogP contribution in [0.25, 0.3) is 10.2 Å². The molecule has 1 aliphatic carbocycles. The standard InChI is InChI=1S/C19H27N3O2S2/c1-4-22-18(24)16-12(2)13(3)26-17(16)21-19(22)25-11-15(23)20-14-9-7-5-6-8-10-14/h14H,4-11H2,1-3H3,(H,20,23). The van der Waals surface area contributed by atoms with Crippen LogP contribution in [-0.4, -0.2) is 27.3 Å². The number of aryl methyl sites for hydroxylation is 2. The minimum atomic E-state index is 0.00558. The molecule has 1 saturated carbocycles. The maximum absolute atomic E-state index is 12.8. The number of nitrogens with zero attached hydrogens (tertiary/aromatic N) is 2. The quantitative estimate of drug-likeness (QED) is 0.473. The summed E-state index contributed by atoms with van der Waals surface area (Å²) in [5.41, 5.74) is 1.03. The van der Waals surface area contributed by atoms with E-state index in [1.54, 1.807) is 15.9 Å². The average Bonchev–Trinajstić information content (AvgIpc) is 2.79. The highest BCUT2D eigenvalue weighted by atomic mass is 32.2. The number of amides is 1. The van der Waals surface area contributed by atoms with E-state index in [-0.39, 0.29) is 11.5 Å². The number of carbonyl (C=O) groups is 1. The first-order valence-electron chi connectivity index (χ1n) is 9.44. The molecule has 0 spiro atoms. The Morgan fingerprint density at radius 1 is 1.27 bits per heavy atom. The van der Waals surface area contributed by atoms with Crippen LogP contribution in [0.4, 0.5) is 0 Å². The van der Waals surface area contributed by atoms with Crippen LogP contribution in [0.5, 0.6) is 0 Å². The van der Waals surface area contributed by atoms with Gasteiger partial charge in [-0.05, 0) is 39.2 Å². The van der Waals surface area contributed by atoms with Gasteiger partial charge in [-0.15, -0.1) is 11.3 Å². The Hall–Kier alpha value is -1.34. The van der Waals surface area contributed by atoms with Crippen LogP contribution in [0, 0.1) is 13.8 Å². The zero-order valence-corrected chi connectivity index (χ0v) is 17.4. The van der Waals surface area contributed by atoms with Gasteiger partial charge in [-0.2, -0.15) is 0 Å². The van der Waals surface area contributed by atoms with Crippen molar-refractivity contribution in [2.45, 2.75) is 77.0 Å². The molecule has 0 bridgehead atoms. The molecule has 1 amide bonds. The van der Waals surface area contributed by atoms with Gasteiger partial charge >= 0.3 is 0 Å². The Balaban J connectivity index is 1.73. The fraction of sp³-hybridized carbons (Fsp3) is 0.632. The molecule has 0 atom stereocenters. The highest BCUT2D eigenvalue weighted by Gasteiger charge is 2.18. The van der Waals surface area contributed by atoms with Gasteiger partial charge in [0.1, 0.15) is 4.83 Å². The van der Waals surface area contributed by atoms with Crippen LogP contribution in [0.15, 0.2) is 9.95 Å². The first-order valence-corrected chi connectivity index (χ1v) is 11.2. The first-order chi connectivity index (χ1) is 12.5. The normalized spacial score (nSPS) is 16.0. The summed E-state index contributed by atoms with van der Waals surface area (Å²) in [6, 6.07) is 0.303. The summed E-state index contributed by atoms with van der Waals surface area (Å²) < 4.78 is 1.69. The monoisotopic (exact) mass is 393 g/mol. The SMILES string of the molecule is CCn1c(SCC(=O)NC2CCCCCC2)nc2sc(C)c(C)c2c1=O. The van der Waals surface area contributed by atoms with Gasteiger partial charge in [0.05, 0.1) is 11.1 Å². The molecule has 26 heavy (non-hydrogen) atoms. The number of fused-ring (bicyclic) bond motifs is 1. The summed E-state index contributed by atoms with van der Waals surface area (Å²) in [6.07, 6.45) is 7.09. The van der Waals surface area contributed by atoms with Gasteiger partial charge in [0.15, 0.2) is 5.16 Å². The highest BCUT2D eigenvalue weighted by Crippen LogP contribution is 2.28. The van der Waals surface area contributed by atoms with Gasteiger partial charge in [-0.25, -0.2) is 4.98 Å². The van der Waals surface area contributed by atoms with Crippen molar-refractivity contribution in [3.63, 3.8) is 0 Å². The van der Waals surface area contributed by atoms with Crippen molar-refractivity contribution in [1.82, 2.24) is 14.9 Å². The van der Waals surface area contributed by atoms with E-state index in [2.05, 4.69) is 10.3 Å². The van der Waals surface area contributed by atoms with E-state index < -0.39 is 0 Å². The van der Waals surface area contributed by atoms with Gasteiger partial charge in [0.2, 0.25) is 5.91 Å². The summed E-state index contributed by atoms with van der Waals surface area (Å²) >= 11 is 2.92. The Morgan fingerprint density at radius 3 is 2.62 bits per heavy atom. The Morgan fingerprint density at radius 2 is 1.96 bits per heavy atom. The van der Waals surface area contributed by atoms with Crippen LogP contribution in [-0.2, 0) is 11.3 Å². The molecule has 5 nitrogen and oxygen atoms in total. The van der Waals surface area contributed by atoms with E-state index in [0.717, 1.165) is 33.5 Å². The first kappa shape index (κ1) is 19.4. The second kappa shape index (κ2) is 8.57. The molecule has 0 aromatic carbocycles. The molecule has 142 valence electrons. The number of aromatic nitrogens is 2. The predicted octanol–water partition coefficient (Wildman–Crippen LogP) is 4.03. The molecule has 0 aliphatic heterocycles. The van der Waals surface area contributed by atoms with Crippen molar-refractivity contribution < 1.29 is 4.79 Å². The molecule has 0 radical (unpaired) electrons. The minimum Gasteiger partial charge on any atom is -0.353 e. The summed E-state index contributed by atoms with van der Waals surface area (Å²) in [7, 11) is 0. The van der Waals surface area contributed by atoms with E-state index >= 15 is 0 Å². The molecular weight excluding hydrogens is 366 g/mol. The summed E-state index contributed by atoms with van der Waals surface area (Å²) in [4.78, 5) is 31.8. The van der Waals surface area contributed by atoms with Crippen molar-refractivity contribution in [2.75, 3.05) is 5.75 Å². The maximum Gasteiger partial charge on any atom is 0.263 e. The van der Waals surface area contributed by atoms with Crippen molar-refractivity contribution in [2.24, 2.45) is 0 Å². The topological polar surface area (TPSA) is 64.0 Å². The number of nitrogens with one attached hydrogen (secondary N) is 1. The van der Waals surface area contributed by atoms with Gasteiger partial charge in [-0.3, -0.25) is 14.2 Å². The lowest BCUT2D eigenvalue weighted by Gasteiger charge is -2.16. The summed E-state index contributed by atoms with van der Waals surface area (Å²) in [6.45, 7) is 6.50. The Labute approximate surface area is 162 Å². The van der Waals surface area contributed by atoms with Crippen LogP contribution >= 0.6 is 23.1 Å². The molecular formula is C19H27N3O2S2. The molecule has 1 aliphatic rings. The molecule has 2 aromatic rings. The lowest BCUT2D eigenvalue weighted by Crippen LogP contribution is -2.35. The minimum absolute atomic E-state index is 0.00558. The third-order valence-electron chi connectivity index (χ3n) is 5.12. The maximum atomic E-state index is 12.8. The molecule has 3 rings (SSSR count).